The summed E-state index contributed by atoms with van der Waals surface area (Å²) in [5.41, 5.74) is 0. The average Bonchev–Trinajstić information content (AvgIpc) is 2.54. The van der Waals surface area contributed by atoms with Crippen molar-refractivity contribution in [2.45, 2.75) is 12.2 Å². The first-order chi connectivity index (χ1) is 6.65. The molecule has 0 bridgehead atoms. The molecule has 16 heavy (non-hydrogen) atoms. The quantitative estimate of drug-likeness (QED) is 0.281. The van der Waals surface area contributed by atoms with Crippen LogP contribution >= 0.6 is 0 Å². The van der Waals surface area contributed by atoms with E-state index in [2.05, 4.69) is 13.2 Å². The molecule has 6 heteroatoms. The van der Waals surface area contributed by atoms with Crippen molar-refractivity contribution in [2.24, 2.45) is 11.8 Å². The fourth-order valence-corrected chi connectivity index (χ4v) is 1.58. The molecule has 1 fully saturated rings. The summed E-state index contributed by atoms with van der Waals surface area (Å²) in [6.45, 7) is 6.88. The standard InChI is InChI=1S/C10H11O4.Na.H2O/c1-3-7-6(5-11)9(10(12)13)8(4-2)14-7;;/h3-4,6-9H,1-2H2,(H,12,13);;1H2/q-1;+1;/p-2. The van der Waals surface area contributed by atoms with Gasteiger partial charge in [0.2, 0.25) is 0 Å². The van der Waals surface area contributed by atoms with Gasteiger partial charge < -0.3 is 24.9 Å². The third-order valence-electron chi connectivity index (χ3n) is 2.28. The number of rotatable bonds is 4. The van der Waals surface area contributed by atoms with E-state index in [4.69, 9.17) is 4.74 Å². The van der Waals surface area contributed by atoms with E-state index >= 15 is 0 Å². The van der Waals surface area contributed by atoms with Crippen LogP contribution in [0.5, 0.6) is 0 Å². The normalized spacial score (nSPS) is 31.8. The van der Waals surface area contributed by atoms with Gasteiger partial charge in [-0.25, -0.2) is 0 Å². The molecule has 5 nitrogen and oxygen atoms in total. The number of hydrogen-bond donors (Lipinski definition) is 0. The predicted octanol–water partition coefficient (Wildman–Crippen LogP) is -3.95. The second kappa shape index (κ2) is 7.76. The van der Waals surface area contributed by atoms with Gasteiger partial charge in [-0.05, 0) is 0 Å². The molecule has 1 N–H and O–H groups in total. The van der Waals surface area contributed by atoms with E-state index in [1.165, 1.54) is 12.2 Å². The zero-order chi connectivity index (χ0) is 10.7. The topological polar surface area (TPSA) is 96.4 Å². The van der Waals surface area contributed by atoms with Crippen molar-refractivity contribution in [1.29, 1.82) is 0 Å². The summed E-state index contributed by atoms with van der Waals surface area (Å²) in [6.07, 6.45) is 3.03. The van der Waals surface area contributed by atoms with E-state index in [1.807, 2.05) is 0 Å². The van der Waals surface area contributed by atoms with E-state index < -0.39 is 30.0 Å². The molecule has 1 saturated heterocycles. The molecular formula is C10H11NaO5-2. The molecule has 0 saturated carbocycles. The molecule has 0 amide bonds. The van der Waals surface area contributed by atoms with Crippen LogP contribution in [0.15, 0.2) is 25.3 Å². The number of ether oxygens (including phenoxy) is 1. The molecule has 0 aromatic rings. The van der Waals surface area contributed by atoms with Crippen LogP contribution < -0.4 is 34.7 Å². The smallest absolute Gasteiger partial charge is 0.870 e. The third kappa shape index (κ3) is 3.26. The molecule has 4 atom stereocenters. The molecule has 1 heterocycles. The van der Waals surface area contributed by atoms with Gasteiger partial charge in [0.1, 0.15) is 0 Å². The summed E-state index contributed by atoms with van der Waals surface area (Å²) in [6, 6.07) is 0. The maximum absolute atomic E-state index is 10.7. The Morgan fingerprint density at radius 1 is 1.31 bits per heavy atom. The van der Waals surface area contributed by atoms with Gasteiger partial charge in [-0.1, -0.05) is 18.1 Å². The number of carboxylic acid groups (broad SMARTS) is 1. The second-order valence-electron chi connectivity index (χ2n) is 3.03. The average molecular weight is 234 g/mol. The van der Waals surface area contributed by atoms with Crippen molar-refractivity contribution in [1.82, 2.24) is 0 Å². The Labute approximate surface area is 116 Å². The van der Waals surface area contributed by atoms with Crippen LogP contribution in [0.1, 0.15) is 0 Å². The van der Waals surface area contributed by atoms with Crippen LogP contribution in [-0.2, 0) is 14.3 Å². The molecule has 0 radical (unpaired) electrons. The van der Waals surface area contributed by atoms with Crippen LogP contribution in [0, 0.1) is 11.8 Å². The summed E-state index contributed by atoms with van der Waals surface area (Å²) in [5.74, 6) is -3.21. The molecule has 1 aliphatic heterocycles. The summed E-state index contributed by atoms with van der Waals surface area (Å²) >= 11 is 0. The molecule has 0 aromatic carbocycles. The van der Waals surface area contributed by atoms with Gasteiger partial charge in [0, 0.05) is 11.9 Å². The maximum Gasteiger partial charge on any atom is 1.00 e. The molecule has 0 aliphatic carbocycles. The molecule has 1 aliphatic rings. The predicted molar refractivity (Wildman–Crippen MR) is 48.7 cm³/mol. The molecule has 1 rings (SSSR count). The number of carbonyl (C=O) groups is 1. The Morgan fingerprint density at radius 3 is 2.12 bits per heavy atom. The van der Waals surface area contributed by atoms with Crippen molar-refractivity contribution in [3.05, 3.63) is 25.3 Å². The van der Waals surface area contributed by atoms with Gasteiger partial charge in [0.05, 0.1) is 12.2 Å². The largest absolute Gasteiger partial charge is 1.00 e. The van der Waals surface area contributed by atoms with Crippen molar-refractivity contribution < 1.29 is 54.5 Å². The van der Waals surface area contributed by atoms with Crippen molar-refractivity contribution in [2.75, 3.05) is 0 Å². The molecule has 0 aromatic heterocycles. The fourth-order valence-electron chi connectivity index (χ4n) is 1.58. The summed E-state index contributed by atoms with van der Waals surface area (Å²) in [4.78, 5) is 21.3. The molecule has 84 valence electrons. The van der Waals surface area contributed by atoms with E-state index in [0.717, 1.165) is 0 Å². The van der Waals surface area contributed by atoms with E-state index in [9.17, 15) is 14.7 Å². The van der Waals surface area contributed by atoms with Gasteiger partial charge in [-0.15, -0.1) is 13.2 Å². The zero-order valence-electron chi connectivity index (χ0n) is 8.96. The van der Waals surface area contributed by atoms with Crippen LogP contribution in [0.25, 0.3) is 0 Å². The van der Waals surface area contributed by atoms with Crippen LogP contribution in [-0.4, -0.2) is 29.9 Å². The van der Waals surface area contributed by atoms with Gasteiger partial charge in [0.15, 0.2) is 0 Å². The van der Waals surface area contributed by atoms with Gasteiger partial charge in [-0.2, -0.15) is 0 Å². The minimum Gasteiger partial charge on any atom is -0.870 e. The second-order valence-corrected chi connectivity index (χ2v) is 3.03. The van der Waals surface area contributed by atoms with Crippen LogP contribution in [0.4, 0.5) is 0 Å². The van der Waals surface area contributed by atoms with E-state index in [1.54, 1.807) is 6.29 Å². The minimum absolute atomic E-state index is 0. The SMILES string of the molecule is C=CC1OC(C=C)C(C(=O)[O-])C1[C-]=O.[Na+].[OH-]. The van der Waals surface area contributed by atoms with Gasteiger partial charge in [0.25, 0.3) is 0 Å². The Morgan fingerprint density at radius 2 is 1.81 bits per heavy atom. The summed E-state index contributed by atoms with van der Waals surface area (Å²) in [5, 5.41) is 10.7. The summed E-state index contributed by atoms with van der Waals surface area (Å²) < 4.78 is 5.22. The first-order valence-corrected chi connectivity index (χ1v) is 4.14. The van der Waals surface area contributed by atoms with Crippen LogP contribution in [0.3, 0.4) is 0 Å². The zero-order valence-corrected chi connectivity index (χ0v) is 11.0. The summed E-state index contributed by atoms with van der Waals surface area (Å²) in [7, 11) is 0. The molecule has 0 spiro atoms. The Kier molecular flexibility index (Phi) is 8.69. The van der Waals surface area contributed by atoms with Crippen molar-refractivity contribution >= 4 is 12.3 Å². The molecular weight excluding hydrogens is 223 g/mol. The molecule has 4 unspecified atom stereocenters. The Hall–Kier alpha value is -0.460. The first kappa shape index (κ1) is 17.9. The van der Waals surface area contributed by atoms with Crippen LogP contribution in [0.2, 0.25) is 0 Å². The van der Waals surface area contributed by atoms with Gasteiger partial charge in [-0.3, -0.25) is 6.29 Å². The monoisotopic (exact) mass is 234 g/mol. The maximum atomic E-state index is 10.7. The van der Waals surface area contributed by atoms with Crippen molar-refractivity contribution in [3.8, 4) is 0 Å². The fraction of sp³-hybridized carbons (Fsp3) is 0.400. The number of hydrogen-bond acceptors (Lipinski definition) is 5. The van der Waals surface area contributed by atoms with E-state index in [0.29, 0.717) is 0 Å². The van der Waals surface area contributed by atoms with E-state index in [-0.39, 0.29) is 35.0 Å². The third-order valence-corrected chi connectivity index (χ3v) is 2.28. The van der Waals surface area contributed by atoms with Crippen molar-refractivity contribution in [3.63, 3.8) is 0 Å². The Balaban J connectivity index is 0. The first-order valence-electron chi connectivity index (χ1n) is 4.14. The Bertz CT molecular complexity index is 278. The number of carbonyl (C=O) groups excluding carboxylic acids is 2. The minimum atomic E-state index is -1.33. The number of carboxylic acids is 1. The van der Waals surface area contributed by atoms with Gasteiger partial charge >= 0.3 is 29.6 Å². The number of aliphatic carboxylic acids is 1.